The molecule has 0 aliphatic heterocycles. The predicted molar refractivity (Wildman–Crippen MR) is 56.8 cm³/mol. The second-order valence-corrected chi connectivity index (χ2v) is 4.67. The molecule has 0 saturated carbocycles. The van der Waals surface area contributed by atoms with E-state index in [1.54, 1.807) is 0 Å². The van der Waals surface area contributed by atoms with Gasteiger partial charge in [-0.05, 0) is 45.9 Å². The zero-order valence-electron chi connectivity index (χ0n) is 6.08. The number of halogens is 1. The number of amidine groups is 1. The molecule has 0 amide bonds. The third-order valence-corrected chi connectivity index (χ3v) is 3.39. The molecule has 0 aliphatic carbocycles. The molecule has 3 N–H and O–H groups in total. The van der Waals surface area contributed by atoms with Crippen LogP contribution in [0.5, 0.6) is 0 Å². The van der Waals surface area contributed by atoms with Crippen molar-refractivity contribution in [2.45, 2.75) is 4.90 Å². The predicted octanol–water partition coefficient (Wildman–Crippen LogP) is 2.97. The van der Waals surface area contributed by atoms with Crippen molar-refractivity contribution in [3.05, 3.63) is 29.3 Å². The molecule has 1 rings (SSSR count). The molecule has 64 valence electrons. The molecule has 12 heavy (non-hydrogen) atoms. The van der Waals surface area contributed by atoms with Crippen LogP contribution in [0.3, 0.4) is 0 Å². The van der Waals surface area contributed by atoms with E-state index in [1.165, 1.54) is 21.6 Å². The van der Waals surface area contributed by atoms with E-state index >= 15 is 0 Å². The number of rotatable bonds is 2. The first-order chi connectivity index (χ1) is 5.68. The Morgan fingerprint density at radius 3 is 2.42 bits per heavy atom. The summed E-state index contributed by atoms with van der Waals surface area (Å²) in [7, 11) is 2.67. The maximum atomic E-state index is 6.98. The summed E-state index contributed by atoms with van der Waals surface area (Å²) in [5.74, 6) is 0. The minimum Gasteiger partial charge on any atom is -0.378 e. The summed E-state index contributed by atoms with van der Waals surface area (Å²) >= 11 is 5.69. The van der Waals surface area contributed by atoms with E-state index in [1.807, 2.05) is 24.3 Å². The molecule has 0 radical (unpaired) electrons. The molecule has 0 aliphatic rings. The second kappa shape index (κ2) is 4.64. The Bertz CT molecular complexity index is 273. The van der Waals surface area contributed by atoms with E-state index < -0.39 is 0 Å². The van der Waals surface area contributed by atoms with Gasteiger partial charge in [0.2, 0.25) is 0 Å². The first-order valence-corrected chi connectivity index (χ1v) is 5.65. The highest BCUT2D eigenvalue weighted by Crippen LogP contribution is 2.30. The minimum atomic E-state index is 0.106. The van der Waals surface area contributed by atoms with Crippen LogP contribution in [0, 0.1) is 5.41 Å². The molecule has 5 heteroatoms. The van der Waals surface area contributed by atoms with Crippen molar-refractivity contribution in [3.8, 4) is 0 Å². The number of nitrogens with two attached hydrogens (primary N) is 1. The van der Waals surface area contributed by atoms with Crippen molar-refractivity contribution < 1.29 is 0 Å². The van der Waals surface area contributed by atoms with Gasteiger partial charge in [-0.3, -0.25) is 5.41 Å². The number of hydrogen-bond donors (Lipinski definition) is 2. The molecule has 0 fully saturated rings. The number of nitrogens with one attached hydrogen (secondary N) is 1. The Morgan fingerprint density at radius 2 is 1.92 bits per heavy atom. The van der Waals surface area contributed by atoms with E-state index in [9.17, 15) is 0 Å². The maximum Gasteiger partial charge on any atom is 0.162 e. The summed E-state index contributed by atoms with van der Waals surface area (Å²) in [5.41, 5.74) is 5.17. The highest BCUT2D eigenvalue weighted by atomic mass is 35.5. The van der Waals surface area contributed by atoms with Crippen LogP contribution in [0.2, 0.25) is 5.02 Å². The van der Waals surface area contributed by atoms with Gasteiger partial charge in [0.25, 0.3) is 0 Å². The van der Waals surface area contributed by atoms with Gasteiger partial charge in [-0.15, -0.1) is 0 Å². The Balaban J connectivity index is 2.53. The van der Waals surface area contributed by atoms with Crippen molar-refractivity contribution in [3.63, 3.8) is 0 Å². The Hall–Kier alpha value is -0.320. The van der Waals surface area contributed by atoms with Gasteiger partial charge in [0, 0.05) is 9.92 Å². The monoisotopic (exact) mass is 218 g/mol. The summed E-state index contributed by atoms with van der Waals surface area (Å²) in [5, 5.41) is 7.80. The van der Waals surface area contributed by atoms with Crippen LogP contribution in [0.1, 0.15) is 0 Å². The van der Waals surface area contributed by atoms with Gasteiger partial charge < -0.3 is 5.73 Å². The van der Waals surface area contributed by atoms with Crippen LogP contribution in [0.4, 0.5) is 0 Å². The van der Waals surface area contributed by atoms with Crippen LogP contribution >= 0.6 is 33.2 Å². The van der Waals surface area contributed by atoms with E-state index in [-0.39, 0.29) is 5.17 Å². The molecule has 0 unspecified atom stereocenters. The summed E-state index contributed by atoms with van der Waals surface area (Å²) in [6, 6.07) is 7.40. The lowest BCUT2D eigenvalue weighted by molar-refractivity contribution is 1.48. The lowest BCUT2D eigenvalue weighted by Crippen LogP contribution is -2.00. The van der Waals surface area contributed by atoms with Crippen molar-refractivity contribution >= 4 is 38.4 Å². The first-order valence-electron chi connectivity index (χ1n) is 3.12. The molecule has 2 nitrogen and oxygen atoms in total. The van der Waals surface area contributed by atoms with Gasteiger partial charge in [0.15, 0.2) is 5.17 Å². The zero-order chi connectivity index (χ0) is 8.97. The van der Waals surface area contributed by atoms with Crippen molar-refractivity contribution in [1.82, 2.24) is 0 Å². The van der Waals surface area contributed by atoms with E-state index in [4.69, 9.17) is 22.7 Å². The topological polar surface area (TPSA) is 49.9 Å². The molecular formula is C7H7ClN2S2. The van der Waals surface area contributed by atoms with Crippen LogP contribution in [-0.4, -0.2) is 5.17 Å². The zero-order valence-corrected chi connectivity index (χ0v) is 8.47. The summed E-state index contributed by atoms with van der Waals surface area (Å²) < 4.78 is 0. The lowest BCUT2D eigenvalue weighted by atomic mass is 10.4. The van der Waals surface area contributed by atoms with Crippen LogP contribution in [-0.2, 0) is 0 Å². The molecule has 0 saturated heterocycles. The fourth-order valence-electron chi connectivity index (χ4n) is 0.583. The molecule has 0 aromatic heterocycles. The molecule has 0 heterocycles. The SMILES string of the molecule is N=C(N)SSc1ccc(Cl)cc1. The van der Waals surface area contributed by atoms with Gasteiger partial charge in [-0.2, -0.15) is 0 Å². The van der Waals surface area contributed by atoms with Gasteiger partial charge in [0.1, 0.15) is 0 Å². The third kappa shape index (κ3) is 3.38. The fourth-order valence-corrected chi connectivity index (χ4v) is 2.03. The molecule has 1 aromatic rings. The van der Waals surface area contributed by atoms with Crippen molar-refractivity contribution in [2.75, 3.05) is 0 Å². The molecule has 0 atom stereocenters. The highest BCUT2D eigenvalue weighted by molar-refractivity contribution is 8.82. The standard InChI is InChI=1S/C7H7ClN2S2/c8-5-1-3-6(4-2-5)11-12-7(9)10/h1-4H,(H3,9,10). The van der Waals surface area contributed by atoms with E-state index in [2.05, 4.69) is 0 Å². The van der Waals surface area contributed by atoms with Crippen molar-refractivity contribution in [1.29, 1.82) is 5.41 Å². The third-order valence-electron chi connectivity index (χ3n) is 1.04. The molecule has 1 aromatic carbocycles. The maximum absolute atomic E-state index is 6.98. The van der Waals surface area contributed by atoms with Crippen molar-refractivity contribution in [2.24, 2.45) is 5.73 Å². The van der Waals surface area contributed by atoms with E-state index in [0.717, 1.165) is 4.90 Å². The van der Waals surface area contributed by atoms with Gasteiger partial charge in [0.05, 0.1) is 0 Å². The van der Waals surface area contributed by atoms with Crippen LogP contribution < -0.4 is 5.73 Å². The highest BCUT2D eigenvalue weighted by Gasteiger charge is 1.95. The second-order valence-electron chi connectivity index (χ2n) is 1.98. The van der Waals surface area contributed by atoms with Crippen LogP contribution in [0.25, 0.3) is 0 Å². The fraction of sp³-hybridized carbons (Fsp3) is 0. The number of benzene rings is 1. The van der Waals surface area contributed by atoms with Gasteiger partial charge >= 0.3 is 0 Å². The van der Waals surface area contributed by atoms with E-state index in [0.29, 0.717) is 5.02 Å². The normalized spacial score (nSPS) is 9.75. The summed E-state index contributed by atoms with van der Waals surface area (Å²) in [6.45, 7) is 0. The Labute approximate surface area is 83.8 Å². The summed E-state index contributed by atoms with van der Waals surface area (Å²) in [4.78, 5) is 1.04. The first kappa shape index (κ1) is 9.77. The average Bonchev–Trinajstić information content (AvgIpc) is 2.03. The lowest BCUT2D eigenvalue weighted by Gasteiger charge is -1.97. The van der Waals surface area contributed by atoms with Gasteiger partial charge in [-0.25, -0.2) is 0 Å². The largest absolute Gasteiger partial charge is 0.378 e. The molecule has 0 bridgehead atoms. The summed E-state index contributed by atoms with van der Waals surface area (Å²) in [6.07, 6.45) is 0. The number of hydrogen-bond acceptors (Lipinski definition) is 3. The smallest absolute Gasteiger partial charge is 0.162 e. The minimum absolute atomic E-state index is 0.106. The van der Waals surface area contributed by atoms with Crippen LogP contribution in [0.15, 0.2) is 29.2 Å². The quantitative estimate of drug-likeness (QED) is 0.456. The molecule has 0 spiro atoms. The van der Waals surface area contributed by atoms with Gasteiger partial charge in [-0.1, -0.05) is 11.6 Å². The molecular weight excluding hydrogens is 212 g/mol. The average molecular weight is 219 g/mol. The Kier molecular flexibility index (Phi) is 3.78. The Morgan fingerprint density at radius 1 is 1.33 bits per heavy atom.